The molecule has 1 aliphatic rings. The highest BCUT2D eigenvalue weighted by molar-refractivity contribution is 5.80. The molecule has 1 aliphatic carbocycles. The van der Waals surface area contributed by atoms with Crippen LogP contribution in [-0.2, 0) is 0 Å². The quantitative estimate of drug-likeness (QED) is 0.403. The van der Waals surface area contributed by atoms with E-state index in [1.54, 1.807) is 7.11 Å². The van der Waals surface area contributed by atoms with Gasteiger partial charge in [0.2, 0.25) is 0 Å². The molecule has 0 aliphatic heterocycles. The second-order valence-corrected chi connectivity index (χ2v) is 5.93. The van der Waals surface area contributed by atoms with Crippen molar-refractivity contribution >= 4 is 5.96 Å². The third-order valence-electron chi connectivity index (χ3n) is 4.07. The van der Waals surface area contributed by atoms with Crippen LogP contribution >= 0.6 is 0 Å². The molecule has 0 atom stereocenters. The molecule has 1 aromatic carbocycles. The van der Waals surface area contributed by atoms with Gasteiger partial charge in [0.25, 0.3) is 0 Å². The first-order chi connectivity index (χ1) is 11.7. The van der Waals surface area contributed by atoms with E-state index < -0.39 is 0 Å². The fourth-order valence-electron chi connectivity index (χ4n) is 2.73. The molecule has 1 fully saturated rings. The van der Waals surface area contributed by atoms with E-state index in [9.17, 15) is 5.11 Å². The SMILES string of the molecule is CCNC(=NCCOc1ccc(OC)cc1)NC1CCC(O)CC1. The molecule has 1 saturated carbocycles. The minimum atomic E-state index is -0.138. The smallest absolute Gasteiger partial charge is 0.191 e. The Balaban J connectivity index is 1.75. The summed E-state index contributed by atoms with van der Waals surface area (Å²) in [5.41, 5.74) is 0. The Morgan fingerprint density at radius 1 is 1.17 bits per heavy atom. The Morgan fingerprint density at radius 3 is 2.46 bits per heavy atom. The lowest BCUT2D eigenvalue weighted by Crippen LogP contribution is -2.45. The molecule has 0 heterocycles. The van der Waals surface area contributed by atoms with Crippen molar-refractivity contribution < 1.29 is 14.6 Å². The molecule has 0 spiro atoms. The van der Waals surface area contributed by atoms with E-state index in [-0.39, 0.29) is 6.10 Å². The number of hydrogen-bond donors (Lipinski definition) is 3. The number of nitrogens with zero attached hydrogens (tertiary/aromatic N) is 1. The lowest BCUT2D eigenvalue weighted by Gasteiger charge is -2.27. The molecular formula is C18H29N3O3. The number of rotatable bonds is 7. The third kappa shape index (κ3) is 6.28. The van der Waals surface area contributed by atoms with Gasteiger partial charge < -0.3 is 25.2 Å². The normalized spacial score (nSPS) is 21.2. The maximum atomic E-state index is 9.58. The van der Waals surface area contributed by atoms with Crippen LogP contribution in [-0.4, -0.2) is 50.0 Å². The molecule has 1 aromatic rings. The molecule has 6 nitrogen and oxygen atoms in total. The van der Waals surface area contributed by atoms with Gasteiger partial charge in [-0.25, -0.2) is 4.99 Å². The molecule has 0 radical (unpaired) electrons. The van der Waals surface area contributed by atoms with Gasteiger partial charge in [-0.15, -0.1) is 0 Å². The van der Waals surface area contributed by atoms with E-state index in [1.807, 2.05) is 24.3 Å². The lowest BCUT2D eigenvalue weighted by molar-refractivity contribution is 0.120. The summed E-state index contributed by atoms with van der Waals surface area (Å²) in [6.07, 6.45) is 3.54. The zero-order valence-corrected chi connectivity index (χ0v) is 14.6. The summed E-state index contributed by atoms with van der Waals surface area (Å²) >= 11 is 0. The average molecular weight is 335 g/mol. The standard InChI is InChI=1S/C18H29N3O3/c1-3-19-18(21-14-4-6-15(22)7-5-14)20-12-13-24-17-10-8-16(23-2)9-11-17/h8-11,14-15,22H,3-7,12-13H2,1-2H3,(H2,19,20,21). The monoisotopic (exact) mass is 335 g/mol. The number of ether oxygens (including phenoxy) is 2. The van der Waals surface area contributed by atoms with Gasteiger partial charge in [0.05, 0.1) is 19.8 Å². The highest BCUT2D eigenvalue weighted by Crippen LogP contribution is 2.18. The molecule has 24 heavy (non-hydrogen) atoms. The summed E-state index contributed by atoms with van der Waals surface area (Å²) in [6, 6.07) is 7.91. The number of guanidine groups is 1. The van der Waals surface area contributed by atoms with E-state index >= 15 is 0 Å². The predicted octanol–water partition coefficient (Wildman–Crippen LogP) is 1.93. The van der Waals surface area contributed by atoms with Crippen molar-refractivity contribution in [1.29, 1.82) is 0 Å². The van der Waals surface area contributed by atoms with Crippen LogP contribution in [0.1, 0.15) is 32.6 Å². The van der Waals surface area contributed by atoms with Crippen LogP contribution in [0.4, 0.5) is 0 Å². The van der Waals surface area contributed by atoms with E-state index in [0.29, 0.717) is 19.2 Å². The minimum absolute atomic E-state index is 0.138. The molecule has 0 aromatic heterocycles. The summed E-state index contributed by atoms with van der Waals surface area (Å²) in [5.74, 6) is 2.44. The molecule has 3 N–H and O–H groups in total. The largest absolute Gasteiger partial charge is 0.497 e. The van der Waals surface area contributed by atoms with E-state index in [4.69, 9.17) is 9.47 Å². The summed E-state index contributed by atoms with van der Waals surface area (Å²) in [7, 11) is 1.65. The number of nitrogens with one attached hydrogen (secondary N) is 2. The Morgan fingerprint density at radius 2 is 1.83 bits per heavy atom. The maximum Gasteiger partial charge on any atom is 0.191 e. The first-order valence-corrected chi connectivity index (χ1v) is 8.71. The van der Waals surface area contributed by atoms with Crippen LogP contribution < -0.4 is 20.1 Å². The zero-order valence-electron chi connectivity index (χ0n) is 14.6. The first-order valence-electron chi connectivity index (χ1n) is 8.71. The number of aliphatic hydroxyl groups excluding tert-OH is 1. The van der Waals surface area contributed by atoms with Crippen LogP contribution in [0.2, 0.25) is 0 Å². The number of benzene rings is 1. The molecule has 134 valence electrons. The molecular weight excluding hydrogens is 306 g/mol. The van der Waals surface area contributed by atoms with Gasteiger partial charge in [-0.3, -0.25) is 0 Å². The van der Waals surface area contributed by atoms with Crippen LogP contribution in [0.5, 0.6) is 11.5 Å². The summed E-state index contributed by atoms with van der Waals surface area (Å²) < 4.78 is 10.8. The summed E-state index contributed by atoms with van der Waals surface area (Å²) in [4.78, 5) is 4.56. The molecule has 2 rings (SSSR count). The Bertz CT molecular complexity index is 497. The zero-order chi connectivity index (χ0) is 17.2. The van der Waals surface area contributed by atoms with Gasteiger partial charge in [-0.2, -0.15) is 0 Å². The maximum absolute atomic E-state index is 9.58. The lowest BCUT2D eigenvalue weighted by atomic mass is 9.93. The minimum Gasteiger partial charge on any atom is -0.497 e. The van der Waals surface area contributed by atoms with Crippen molar-refractivity contribution in [2.75, 3.05) is 26.8 Å². The highest BCUT2D eigenvalue weighted by atomic mass is 16.5. The summed E-state index contributed by atoms with van der Waals surface area (Å²) in [5, 5.41) is 16.3. The Kier molecular flexibility index (Phi) is 7.68. The van der Waals surface area contributed by atoms with Gasteiger partial charge >= 0.3 is 0 Å². The third-order valence-corrected chi connectivity index (χ3v) is 4.07. The average Bonchev–Trinajstić information content (AvgIpc) is 2.61. The Labute approximate surface area is 144 Å². The van der Waals surface area contributed by atoms with Crippen molar-refractivity contribution in [1.82, 2.24) is 10.6 Å². The second-order valence-electron chi connectivity index (χ2n) is 5.93. The van der Waals surface area contributed by atoms with Gasteiger partial charge in [0.1, 0.15) is 18.1 Å². The number of methoxy groups -OCH3 is 1. The van der Waals surface area contributed by atoms with Crippen LogP contribution in [0.25, 0.3) is 0 Å². The predicted molar refractivity (Wildman–Crippen MR) is 95.9 cm³/mol. The van der Waals surface area contributed by atoms with Gasteiger partial charge in [0, 0.05) is 12.6 Å². The van der Waals surface area contributed by atoms with Crippen molar-refractivity contribution in [2.45, 2.75) is 44.8 Å². The fourth-order valence-corrected chi connectivity index (χ4v) is 2.73. The first kappa shape index (κ1) is 18.4. The number of hydrogen-bond acceptors (Lipinski definition) is 4. The fraction of sp³-hybridized carbons (Fsp3) is 0.611. The van der Waals surface area contributed by atoms with Crippen molar-refractivity contribution in [3.63, 3.8) is 0 Å². The van der Waals surface area contributed by atoms with E-state index in [0.717, 1.165) is 49.7 Å². The molecule has 6 heteroatoms. The van der Waals surface area contributed by atoms with Crippen LogP contribution in [0.3, 0.4) is 0 Å². The van der Waals surface area contributed by atoms with Crippen LogP contribution in [0, 0.1) is 0 Å². The highest BCUT2D eigenvalue weighted by Gasteiger charge is 2.19. The van der Waals surface area contributed by atoms with Crippen molar-refractivity contribution in [3.05, 3.63) is 24.3 Å². The van der Waals surface area contributed by atoms with Gasteiger partial charge in [-0.1, -0.05) is 0 Å². The molecule has 0 saturated heterocycles. The van der Waals surface area contributed by atoms with Crippen LogP contribution in [0.15, 0.2) is 29.3 Å². The molecule has 0 unspecified atom stereocenters. The van der Waals surface area contributed by atoms with Gasteiger partial charge in [-0.05, 0) is 56.9 Å². The molecule has 0 bridgehead atoms. The van der Waals surface area contributed by atoms with Gasteiger partial charge in [0.15, 0.2) is 5.96 Å². The van der Waals surface area contributed by atoms with E-state index in [1.165, 1.54) is 0 Å². The van der Waals surface area contributed by atoms with E-state index in [2.05, 4.69) is 22.5 Å². The topological polar surface area (TPSA) is 75.1 Å². The second kappa shape index (κ2) is 10.0. The number of aliphatic imine (C=N–C) groups is 1. The molecule has 0 amide bonds. The number of aliphatic hydroxyl groups is 1. The van der Waals surface area contributed by atoms with Crippen molar-refractivity contribution in [3.8, 4) is 11.5 Å². The Hall–Kier alpha value is -1.95. The van der Waals surface area contributed by atoms with Crippen molar-refractivity contribution in [2.24, 2.45) is 4.99 Å². The summed E-state index contributed by atoms with van der Waals surface area (Å²) in [6.45, 7) is 3.97.